The van der Waals surface area contributed by atoms with Crippen molar-refractivity contribution < 1.29 is 23.5 Å². The van der Waals surface area contributed by atoms with E-state index in [1.807, 2.05) is 0 Å². The maximum atomic E-state index is 14.7. The van der Waals surface area contributed by atoms with Gasteiger partial charge < -0.3 is 15.4 Å². The van der Waals surface area contributed by atoms with Gasteiger partial charge in [-0.2, -0.15) is 0 Å². The molecule has 2 heterocycles. The Morgan fingerprint density at radius 1 is 1.06 bits per heavy atom. The van der Waals surface area contributed by atoms with Gasteiger partial charge in [-0.15, -0.1) is 0 Å². The van der Waals surface area contributed by atoms with E-state index in [0.29, 0.717) is 5.02 Å². The molecule has 1 fully saturated rings. The van der Waals surface area contributed by atoms with Crippen LogP contribution in [0.4, 0.5) is 15.9 Å². The highest BCUT2D eigenvalue weighted by molar-refractivity contribution is 6.30. The molecule has 2 aromatic heterocycles. The molecule has 0 unspecified atom stereocenters. The van der Waals surface area contributed by atoms with E-state index in [1.165, 1.54) is 47.3 Å². The molecule has 180 valence electrons. The zero-order chi connectivity index (χ0) is 25.1. The van der Waals surface area contributed by atoms with Crippen molar-refractivity contribution in [2.45, 2.75) is 6.92 Å². The number of ether oxygens (including phenoxy) is 1. The van der Waals surface area contributed by atoms with Gasteiger partial charge in [-0.05, 0) is 37.3 Å². The first-order chi connectivity index (χ1) is 16.8. The normalized spacial score (nSPS) is 18.4. The number of halogens is 2. The average Bonchev–Trinajstić information content (AvgIpc) is 3.59. The Kier molecular flexibility index (Phi) is 6.92. The molecule has 1 aliphatic rings. The number of benzene rings is 1. The van der Waals surface area contributed by atoms with Crippen LogP contribution in [-0.4, -0.2) is 33.9 Å². The van der Waals surface area contributed by atoms with E-state index in [-0.39, 0.29) is 29.4 Å². The van der Waals surface area contributed by atoms with Gasteiger partial charge in [-0.3, -0.25) is 23.7 Å². The highest BCUT2D eigenvalue weighted by atomic mass is 35.5. The lowest BCUT2D eigenvalue weighted by atomic mass is 10.2. The molecule has 2 N–H and O–H groups in total. The lowest BCUT2D eigenvalue weighted by Crippen LogP contribution is -2.21. The summed E-state index contributed by atoms with van der Waals surface area (Å²) in [6, 6.07) is 11.4. The summed E-state index contributed by atoms with van der Waals surface area (Å²) in [5.41, 5.74) is -0.228. The van der Waals surface area contributed by atoms with Crippen LogP contribution in [0, 0.1) is 23.6 Å². The summed E-state index contributed by atoms with van der Waals surface area (Å²) >= 11 is 5.79. The maximum Gasteiger partial charge on any atom is 0.310 e. The number of pyridine rings is 2. The molecular formula is C24H20ClFN4O5. The number of amides is 2. The number of carbonyl (C=O) groups excluding carboxylic acids is 3. The molecule has 1 aromatic carbocycles. The van der Waals surface area contributed by atoms with E-state index in [2.05, 4.69) is 15.6 Å². The molecule has 1 saturated carbocycles. The number of esters is 1. The first-order valence-electron chi connectivity index (χ1n) is 10.7. The van der Waals surface area contributed by atoms with Crippen LogP contribution < -0.4 is 16.2 Å². The number of hydrogen-bond acceptors (Lipinski definition) is 6. The van der Waals surface area contributed by atoms with Gasteiger partial charge in [0.05, 0.1) is 40.8 Å². The number of anilines is 2. The number of rotatable bonds is 7. The highest BCUT2D eigenvalue weighted by Crippen LogP contribution is 2.48. The number of nitrogens with zero attached hydrogens (tertiary/aromatic N) is 2. The second-order valence-electron chi connectivity index (χ2n) is 7.74. The molecule has 0 aliphatic heterocycles. The van der Waals surface area contributed by atoms with E-state index < -0.39 is 41.4 Å². The smallest absolute Gasteiger partial charge is 0.310 e. The van der Waals surface area contributed by atoms with Crippen molar-refractivity contribution in [3.05, 3.63) is 82.1 Å². The van der Waals surface area contributed by atoms with E-state index in [0.717, 1.165) is 6.07 Å². The number of carbonyl (C=O) groups is 3. The molecule has 3 aromatic rings. The van der Waals surface area contributed by atoms with E-state index in [9.17, 15) is 23.6 Å². The zero-order valence-corrected chi connectivity index (χ0v) is 19.2. The van der Waals surface area contributed by atoms with Crippen LogP contribution in [0.15, 0.2) is 65.7 Å². The summed E-state index contributed by atoms with van der Waals surface area (Å²) in [7, 11) is 0. The zero-order valence-electron chi connectivity index (χ0n) is 18.4. The summed E-state index contributed by atoms with van der Waals surface area (Å²) in [5.74, 6) is -5.69. The lowest BCUT2D eigenvalue weighted by Gasteiger charge is -2.10. The summed E-state index contributed by atoms with van der Waals surface area (Å²) in [5, 5.41) is 5.35. The van der Waals surface area contributed by atoms with Crippen LogP contribution in [0.3, 0.4) is 0 Å². The number of hydrogen-bond donors (Lipinski definition) is 2. The summed E-state index contributed by atoms with van der Waals surface area (Å²) in [4.78, 5) is 54.0. The Labute approximate surface area is 203 Å². The van der Waals surface area contributed by atoms with Crippen molar-refractivity contribution in [3.8, 4) is 5.69 Å². The molecule has 0 spiro atoms. The van der Waals surface area contributed by atoms with Gasteiger partial charge in [-0.25, -0.2) is 9.37 Å². The second kappa shape index (κ2) is 10.1. The lowest BCUT2D eigenvalue weighted by molar-refractivity contribution is -0.146. The van der Waals surface area contributed by atoms with E-state index >= 15 is 0 Å². The predicted molar refractivity (Wildman–Crippen MR) is 126 cm³/mol. The summed E-state index contributed by atoms with van der Waals surface area (Å²) < 4.78 is 21.0. The van der Waals surface area contributed by atoms with Gasteiger partial charge in [0.15, 0.2) is 0 Å². The Morgan fingerprint density at radius 3 is 2.43 bits per heavy atom. The SMILES string of the molecule is CCOC(=O)[C@H]1[C@H](C(=O)Nc2ccc(Cl)cn2)[C@@H]1C(=O)Nc1ccc(-n2ccccc2=O)cc1F. The third kappa shape index (κ3) is 5.22. The highest BCUT2D eigenvalue weighted by Gasteiger charge is 2.63. The van der Waals surface area contributed by atoms with Crippen molar-refractivity contribution in [1.82, 2.24) is 9.55 Å². The van der Waals surface area contributed by atoms with Gasteiger partial charge in [0.1, 0.15) is 11.6 Å². The molecule has 1 aliphatic carbocycles. The first kappa shape index (κ1) is 24.1. The molecule has 0 radical (unpaired) electrons. The Bertz CT molecular complexity index is 1340. The van der Waals surface area contributed by atoms with Crippen LogP contribution in [0.1, 0.15) is 6.92 Å². The third-order valence-corrected chi connectivity index (χ3v) is 5.70. The molecule has 3 atom stereocenters. The molecule has 9 nitrogen and oxygen atoms in total. The predicted octanol–water partition coefficient (Wildman–Crippen LogP) is 3.03. The fourth-order valence-corrected chi connectivity index (χ4v) is 3.88. The van der Waals surface area contributed by atoms with E-state index in [1.54, 1.807) is 19.1 Å². The molecule has 11 heteroatoms. The average molecular weight is 499 g/mol. The molecule has 4 rings (SSSR count). The summed E-state index contributed by atoms with van der Waals surface area (Å²) in [6.07, 6.45) is 2.83. The Hall–Kier alpha value is -4.05. The minimum Gasteiger partial charge on any atom is -0.466 e. The van der Waals surface area contributed by atoms with Crippen LogP contribution >= 0.6 is 11.6 Å². The monoisotopic (exact) mass is 498 g/mol. The van der Waals surface area contributed by atoms with Crippen LogP contribution in [-0.2, 0) is 19.1 Å². The maximum absolute atomic E-state index is 14.7. The van der Waals surface area contributed by atoms with Crippen molar-refractivity contribution >= 4 is 40.9 Å². The van der Waals surface area contributed by atoms with Gasteiger partial charge in [-0.1, -0.05) is 17.7 Å². The molecule has 0 bridgehead atoms. The molecule has 2 amide bonds. The quantitative estimate of drug-likeness (QED) is 0.483. The van der Waals surface area contributed by atoms with Crippen molar-refractivity contribution in [1.29, 1.82) is 0 Å². The van der Waals surface area contributed by atoms with Crippen molar-refractivity contribution in [3.63, 3.8) is 0 Å². The van der Waals surface area contributed by atoms with Crippen molar-refractivity contribution in [2.24, 2.45) is 17.8 Å². The third-order valence-electron chi connectivity index (χ3n) is 5.47. The fraction of sp³-hybridized carbons (Fsp3) is 0.208. The van der Waals surface area contributed by atoms with Crippen LogP contribution in [0.5, 0.6) is 0 Å². The standard InChI is InChI=1S/C24H20ClFN4O5/c1-2-35-24(34)21-19(20(21)23(33)29-17-9-6-13(25)12-27-17)22(32)28-16-8-7-14(11-15(16)26)30-10-4-3-5-18(30)31/h3-12,19-21H,2H2,1H3,(H,28,32)(H,27,29,33)/t19-,20+,21+/m0/s1. The van der Waals surface area contributed by atoms with Gasteiger partial charge in [0, 0.05) is 24.5 Å². The minimum absolute atomic E-state index is 0.0751. The molecule has 35 heavy (non-hydrogen) atoms. The van der Waals surface area contributed by atoms with Gasteiger partial charge in [0.2, 0.25) is 11.8 Å². The second-order valence-corrected chi connectivity index (χ2v) is 8.18. The number of aromatic nitrogens is 2. The topological polar surface area (TPSA) is 119 Å². The molecular weight excluding hydrogens is 479 g/mol. The van der Waals surface area contributed by atoms with Crippen LogP contribution in [0.25, 0.3) is 5.69 Å². The van der Waals surface area contributed by atoms with E-state index in [4.69, 9.17) is 16.3 Å². The van der Waals surface area contributed by atoms with Gasteiger partial charge >= 0.3 is 5.97 Å². The fourth-order valence-electron chi connectivity index (χ4n) is 3.77. The van der Waals surface area contributed by atoms with Crippen molar-refractivity contribution in [2.75, 3.05) is 17.2 Å². The Balaban J connectivity index is 1.51. The van der Waals surface area contributed by atoms with Crippen LogP contribution in [0.2, 0.25) is 5.02 Å². The first-order valence-corrected chi connectivity index (χ1v) is 11.1. The Morgan fingerprint density at radius 2 is 1.80 bits per heavy atom. The summed E-state index contributed by atoms with van der Waals surface area (Å²) in [6.45, 7) is 1.68. The molecule has 0 saturated heterocycles. The minimum atomic E-state index is -1.06. The largest absolute Gasteiger partial charge is 0.466 e. The van der Waals surface area contributed by atoms with Gasteiger partial charge in [0.25, 0.3) is 5.56 Å². The number of nitrogens with one attached hydrogen (secondary N) is 2.